The summed E-state index contributed by atoms with van der Waals surface area (Å²) in [5.41, 5.74) is 1.75. The van der Waals surface area contributed by atoms with E-state index in [2.05, 4.69) is 10.2 Å². The van der Waals surface area contributed by atoms with Gasteiger partial charge in [-0.25, -0.2) is 13.2 Å². The van der Waals surface area contributed by atoms with Gasteiger partial charge in [0.05, 0.1) is 21.8 Å². The Balaban J connectivity index is 1.99. The van der Waals surface area contributed by atoms with Crippen molar-refractivity contribution in [3.8, 4) is 5.82 Å². The fraction of sp³-hybridized carbons (Fsp3) is 0.296. The average Bonchev–Trinajstić information content (AvgIpc) is 3.19. The second kappa shape index (κ2) is 10.2. The first kappa shape index (κ1) is 27.9. The van der Waals surface area contributed by atoms with Crippen LogP contribution in [0.25, 0.3) is 16.7 Å². The van der Waals surface area contributed by atoms with E-state index >= 15 is 0 Å². The summed E-state index contributed by atoms with van der Waals surface area (Å²) in [4.78, 5) is 12.4. The molecular formula is C27H28Cl2N4O4S. The first-order valence-electron chi connectivity index (χ1n) is 11.9. The lowest BCUT2D eigenvalue weighted by Crippen LogP contribution is -2.52. The van der Waals surface area contributed by atoms with E-state index in [-0.39, 0.29) is 20.6 Å². The molecule has 0 saturated heterocycles. The number of sulfonamides is 1. The number of nitrogens with zero attached hydrogens (tertiary/aromatic N) is 4. The molecule has 200 valence electrons. The van der Waals surface area contributed by atoms with Gasteiger partial charge in [-0.05, 0) is 72.9 Å². The zero-order valence-corrected chi connectivity index (χ0v) is 23.9. The van der Waals surface area contributed by atoms with Gasteiger partial charge >= 0.3 is 5.97 Å². The molecule has 0 radical (unpaired) electrons. The van der Waals surface area contributed by atoms with Crippen LogP contribution >= 0.6 is 23.2 Å². The molecule has 2 heterocycles. The van der Waals surface area contributed by atoms with Gasteiger partial charge < -0.3 is 5.11 Å². The van der Waals surface area contributed by atoms with Gasteiger partial charge in [0.1, 0.15) is 6.04 Å². The maximum Gasteiger partial charge on any atom is 0.328 e. The van der Waals surface area contributed by atoms with Gasteiger partial charge in [0, 0.05) is 21.6 Å². The Labute approximate surface area is 231 Å². The Bertz CT molecular complexity index is 1610. The number of hydrogen-bond acceptors (Lipinski definition) is 5. The number of fused-ring (bicyclic) bond motifs is 1. The smallest absolute Gasteiger partial charge is 0.328 e. The summed E-state index contributed by atoms with van der Waals surface area (Å²) in [6, 6.07) is 11.3. The van der Waals surface area contributed by atoms with Gasteiger partial charge in [-0.15, -0.1) is 5.10 Å². The molecule has 0 bridgehead atoms. The van der Waals surface area contributed by atoms with Crippen LogP contribution in [0, 0.1) is 12.3 Å². The van der Waals surface area contributed by atoms with E-state index in [9.17, 15) is 18.3 Å². The predicted molar refractivity (Wildman–Crippen MR) is 150 cm³/mol. The fourth-order valence-corrected chi connectivity index (χ4v) is 6.96. The number of halogens is 2. The SMILES string of the molecule is CCc1cn(-c2ccc(C)nn2)c2ccc(N(C(C(=O)O)C(C)(C)C)S(=O)(=O)c3cc(Cl)cc(Cl)c3)cc12. The third-order valence-corrected chi connectivity index (χ3v) is 8.43. The van der Waals surface area contributed by atoms with Crippen LogP contribution in [-0.4, -0.2) is 40.3 Å². The summed E-state index contributed by atoms with van der Waals surface area (Å²) in [5, 5.41) is 19.7. The van der Waals surface area contributed by atoms with E-state index in [0.29, 0.717) is 12.2 Å². The number of carboxylic acids is 1. The second-order valence-corrected chi connectivity index (χ2v) is 12.8. The Morgan fingerprint density at radius 3 is 2.24 bits per heavy atom. The van der Waals surface area contributed by atoms with Crippen LogP contribution < -0.4 is 4.31 Å². The van der Waals surface area contributed by atoms with E-state index in [1.807, 2.05) is 36.7 Å². The van der Waals surface area contributed by atoms with Crippen LogP contribution in [0.4, 0.5) is 5.69 Å². The molecule has 8 nitrogen and oxygen atoms in total. The number of hydrogen-bond donors (Lipinski definition) is 1. The molecule has 2 aromatic carbocycles. The molecule has 1 unspecified atom stereocenters. The second-order valence-electron chi connectivity index (χ2n) is 10.1. The highest BCUT2D eigenvalue weighted by molar-refractivity contribution is 7.93. The zero-order valence-electron chi connectivity index (χ0n) is 21.6. The highest BCUT2D eigenvalue weighted by Gasteiger charge is 2.43. The van der Waals surface area contributed by atoms with Gasteiger partial charge in [0.2, 0.25) is 0 Å². The summed E-state index contributed by atoms with van der Waals surface area (Å²) < 4.78 is 31.0. The van der Waals surface area contributed by atoms with E-state index < -0.39 is 27.4 Å². The number of benzene rings is 2. The van der Waals surface area contributed by atoms with E-state index in [4.69, 9.17) is 23.2 Å². The molecule has 11 heteroatoms. The van der Waals surface area contributed by atoms with Gasteiger partial charge in [0.15, 0.2) is 5.82 Å². The standard InChI is InChI=1S/C27H28Cl2N4O4S/c1-6-17-15-32(24-10-7-16(2)30-31-24)23-9-8-20(14-22(17)23)33(25(26(34)35)27(3,4)5)38(36,37)21-12-18(28)11-19(29)13-21/h7-15,25H,6H2,1-5H3,(H,34,35). The predicted octanol–water partition coefficient (Wildman–Crippen LogP) is 6.29. The van der Waals surface area contributed by atoms with Crippen LogP contribution in [0.3, 0.4) is 0 Å². The molecule has 1 N–H and O–H groups in total. The summed E-state index contributed by atoms with van der Waals surface area (Å²) in [5.74, 6) is -0.665. The van der Waals surface area contributed by atoms with Crippen molar-refractivity contribution in [2.75, 3.05) is 4.31 Å². The molecule has 4 rings (SSSR count). The van der Waals surface area contributed by atoms with E-state index in [1.54, 1.807) is 39.0 Å². The summed E-state index contributed by atoms with van der Waals surface area (Å²) in [7, 11) is -4.41. The minimum atomic E-state index is -4.41. The molecule has 0 spiro atoms. The van der Waals surface area contributed by atoms with Crippen LogP contribution in [0.15, 0.2) is 59.6 Å². The topological polar surface area (TPSA) is 105 Å². The highest BCUT2D eigenvalue weighted by Crippen LogP contribution is 2.38. The Morgan fingerprint density at radius 2 is 1.71 bits per heavy atom. The average molecular weight is 576 g/mol. The molecule has 38 heavy (non-hydrogen) atoms. The normalized spacial score (nSPS) is 13.0. The van der Waals surface area contributed by atoms with E-state index in [1.165, 1.54) is 18.2 Å². The van der Waals surface area contributed by atoms with Crippen molar-refractivity contribution in [2.45, 2.75) is 52.0 Å². The number of aromatic nitrogens is 3. The number of carboxylic acid groups (broad SMARTS) is 1. The van der Waals surface area contributed by atoms with Crippen LogP contribution in [-0.2, 0) is 21.2 Å². The number of aryl methyl sites for hydroxylation is 2. The highest BCUT2D eigenvalue weighted by atomic mass is 35.5. The quantitative estimate of drug-likeness (QED) is 0.278. The summed E-state index contributed by atoms with van der Waals surface area (Å²) in [6.45, 7) is 8.89. The first-order valence-corrected chi connectivity index (χ1v) is 14.1. The lowest BCUT2D eigenvalue weighted by Gasteiger charge is -2.37. The number of rotatable bonds is 7. The lowest BCUT2D eigenvalue weighted by atomic mass is 9.86. The maximum atomic E-state index is 14.1. The Hall–Kier alpha value is -3.14. The number of anilines is 1. The minimum absolute atomic E-state index is 0.124. The van der Waals surface area contributed by atoms with Gasteiger partial charge in [0.25, 0.3) is 10.0 Å². The molecule has 0 aliphatic heterocycles. The minimum Gasteiger partial charge on any atom is -0.480 e. The van der Waals surface area contributed by atoms with Gasteiger partial charge in [-0.1, -0.05) is 50.9 Å². The summed E-state index contributed by atoms with van der Waals surface area (Å²) in [6.07, 6.45) is 2.59. The monoisotopic (exact) mass is 574 g/mol. The molecule has 0 saturated carbocycles. The zero-order chi connectivity index (χ0) is 28.0. The molecular weight excluding hydrogens is 547 g/mol. The van der Waals surface area contributed by atoms with Crippen molar-refractivity contribution in [3.05, 3.63) is 76.0 Å². The molecule has 2 aromatic heterocycles. The largest absolute Gasteiger partial charge is 0.480 e. The fourth-order valence-electron chi connectivity index (χ4n) is 4.46. The Kier molecular flexibility index (Phi) is 7.49. The molecule has 0 aliphatic rings. The number of aliphatic carboxylic acids is 1. The van der Waals surface area contributed by atoms with Crippen molar-refractivity contribution in [1.29, 1.82) is 0 Å². The van der Waals surface area contributed by atoms with Gasteiger partial charge in [-0.2, -0.15) is 5.10 Å². The van der Waals surface area contributed by atoms with Crippen LogP contribution in [0.5, 0.6) is 0 Å². The third-order valence-electron chi connectivity index (χ3n) is 6.22. The third kappa shape index (κ3) is 5.23. The van der Waals surface area contributed by atoms with E-state index in [0.717, 1.165) is 26.5 Å². The maximum absolute atomic E-state index is 14.1. The molecule has 0 amide bonds. The summed E-state index contributed by atoms with van der Waals surface area (Å²) >= 11 is 12.3. The van der Waals surface area contributed by atoms with Crippen molar-refractivity contribution < 1.29 is 18.3 Å². The van der Waals surface area contributed by atoms with Crippen molar-refractivity contribution in [3.63, 3.8) is 0 Å². The Morgan fingerprint density at radius 1 is 1.05 bits per heavy atom. The lowest BCUT2D eigenvalue weighted by molar-refractivity contribution is -0.140. The van der Waals surface area contributed by atoms with Crippen molar-refractivity contribution >= 4 is 55.8 Å². The molecule has 0 aliphatic carbocycles. The number of carbonyl (C=O) groups is 1. The van der Waals surface area contributed by atoms with Crippen LogP contribution in [0.2, 0.25) is 10.0 Å². The van der Waals surface area contributed by atoms with Crippen molar-refractivity contribution in [1.82, 2.24) is 14.8 Å². The van der Waals surface area contributed by atoms with Gasteiger partial charge in [-0.3, -0.25) is 8.87 Å². The first-order chi connectivity index (χ1) is 17.7. The van der Waals surface area contributed by atoms with Crippen molar-refractivity contribution in [2.24, 2.45) is 5.41 Å². The molecule has 0 fully saturated rings. The van der Waals surface area contributed by atoms with Crippen LogP contribution in [0.1, 0.15) is 39.0 Å². The molecule has 4 aromatic rings. The molecule has 1 atom stereocenters.